The van der Waals surface area contributed by atoms with Crippen molar-refractivity contribution in [3.8, 4) is 11.1 Å². The summed E-state index contributed by atoms with van der Waals surface area (Å²) >= 11 is 1.53. The Bertz CT molecular complexity index is 1010. The third-order valence-corrected chi connectivity index (χ3v) is 7.55. The molecule has 2 aromatic carbocycles. The summed E-state index contributed by atoms with van der Waals surface area (Å²) < 4.78 is 5.57. The number of carbonyl (C=O) groups excluding carboxylic acids is 2. The van der Waals surface area contributed by atoms with Crippen molar-refractivity contribution in [3.05, 3.63) is 59.7 Å². The zero-order valence-electron chi connectivity index (χ0n) is 18.7. The van der Waals surface area contributed by atoms with E-state index in [9.17, 15) is 19.5 Å². The van der Waals surface area contributed by atoms with Crippen LogP contribution in [0, 0.1) is 5.92 Å². The topological polar surface area (TPSA) is 95.9 Å². The van der Waals surface area contributed by atoms with Crippen LogP contribution in [0.25, 0.3) is 11.1 Å². The molecule has 1 heterocycles. The molecule has 1 aliphatic heterocycles. The van der Waals surface area contributed by atoms with Gasteiger partial charge < -0.3 is 20.1 Å². The number of aliphatic carboxylic acids is 1. The number of nitrogens with one attached hydrogen (secondary N) is 1. The average molecular weight is 469 g/mol. The van der Waals surface area contributed by atoms with Gasteiger partial charge in [0.25, 0.3) is 0 Å². The maximum atomic E-state index is 12.9. The number of fused-ring (bicyclic) bond motifs is 3. The first-order chi connectivity index (χ1) is 15.9. The van der Waals surface area contributed by atoms with E-state index in [1.165, 1.54) is 16.7 Å². The maximum Gasteiger partial charge on any atom is 0.407 e. The van der Waals surface area contributed by atoms with E-state index in [2.05, 4.69) is 29.6 Å². The number of nitrogens with zero attached hydrogens (tertiary/aromatic N) is 1. The quantitative estimate of drug-likeness (QED) is 0.673. The van der Waals surface area contributed by atoms with E-state index in [-0.39, 0.29) is 18.4 Å². The van der Waals surface area contributed by atoms with Crippen molar-refractivity contribution in [2.45, 2.75) is 31.8 Å². The second kappa shape index (κ2) is 9.87. The molecule has 8 heteroatoms. The molecule has 1 aliphatic carbocycles. The molecule has 2 aromatic rings. The number of carbonyl (C=O) groups is 3. The number of ether oxygens (including phenoxy) is 1. The summed E-state index contributed by atoms with van der Waals surface area (Å²) in [4.78, 5) is 38.4. The van der Waals surface area contributed by atoms with E-state index in [4.69, 9.17) is 4.74 Å². The van der Waals surface area contributed by atoms with Gasteiger partial charge in [0, 0.05) is 30.0 Å². The lowest BCUT2D eigenvalue weighted by molar-refractivity contribution is -0.151. The number of alkyl carbamates (subject to hydrolysis) is 1. The van der Waals surface area contributed by atoms with Gasteiger partial charge in [0.2, 0.25) is 5.91 Å². The molecule has 33 heavy (non-hydrogen) atoms. The SMILES string of the molecule is CC(NC(=O)OCC1c2ccccc2-c2ccccc21)C(C)C(=O)N1CCSCC1C(=O)O. The Labute approximate surface area is 197 Å². The first-order valence-electron chi connectivity index (χ1n) is 11.1. The number of hydrogen-bond donors (Lipinski definition) is 2. The van der Waals surface area contributed by atoms with E-state index in [1.807, 2.05) is 24.3 Å². The van der Waals surface area contributed by atoms with Crippen LogP contribution in [-0.2, 0) is 14.3 Å². The highest BCUT2D eigenvalue weighted by molar-refractivity contribution is 7.99. The van der Waals surface area contributed by atoms with E-state index < -0.39 is 30.1 Å². The number of thioether (sulfide) groups is 1. The van der Waals surface area contributed by atoms with Gasteiger partial charge in [0.05, 0.1) is 5.92 Å². The fourth-order valence-electron chi connectivity index (χ4n) is 4.50. The highest BCUT2D eigenvalue weighted by Gasteiger charge is 2.36. The normalized spacial score (nSPS) is 19.2. The van der Waals surface area contributed by atoms with Crippen LogP contribution < -0.4 is 5.32 Å². The van der Waals surface area contributed by atoms with E-state index in [0.29, 0.717) is 18.1 Å². The van der Waals surface area contributed by atoms with Gasteiger partial charge in [-0.05, 0) is 29.2 Å². The first-order valence-corrected chi connectivity index (χ1v) is 12.3. The highest BCUT2D eigenvalue weighted by Crippen LogP contribution is 2.44. The minimum Gasteiger partial charge on any atom is -0.480 e. The van der Waals surface area contributed by atoms with Gasteiger partial charge in [0.1, 0.15) is 12.6 Å². The van der Waals surface area contributed by atoms with Crippen LogP contribution in [0.4, 0.5) is 4.79 Å². The van der Waals surface area contributed by atoms with Gasteiger partial charge in [-0.3, -0.25) is 4.79 Å². The lowest BCUT2D eigenvalue weighted by Gasteiger charge is -2.35. The third-order valence-electron chi connectivity index (χ3n) is 6.53. The zero-order chi connectivity index (χ0) is 23.5. The molecule has 2 N–H and O–H groups in total. The Kier molecular flexibility index (Phi) is 6.93. The van der Waals surface area contributed by atoms with E-state index >= 15 is 0 Å². The molecule has 3 atom stereocenters. The number of hydrogen-bond acceptors (Lipinski definition) is 5. The molecule has 0 radical (unpaired) electrons. The van der Waals surface area contributed by atoms with Gasteiger partial charge in [-0.1, -0.05) is 55.5 Å². The standard InChI is InChI=1S/C25H28N2O5S/c1-15(23(28)27-11-12-33-14-22(27)24(29)30)16(2)26-25(31)32-13-21-19-9-5-3-7-17(19)18-8-4-6-10-20(18)21/h3-10,15-16,21-22H,11-14H2,1-2H3,(H,26,31)(H,29,30). The monoisotopic (exact) mass is 468 g/mol. The lowest BCUT2D eigenvalue weighted by Crippen LogP contribution is -2.54. The van der Waals surface area contributed by atoms with E-state index in [1.54, 1.807) is 13.8 Å². The molecule has 0 aromatic heterocycles. The molecule has 1 saturated heterocycles. The molecule has 2 amide bonds. The molecule has 0 saturated carbocycles. The molecule has 2 aliphatic rings. The molecule has 174 valence electrons. The number of carboxylic acid groups (broad SMARTS) is 1. The first kappa shape index (κ1) is 23.2. The maximum absolute atomic E-state index is 12.9. The summed E-state index contributed by atoms with van der Waals surface area (Å²) in [6.07, 6.45) is -0.590. The summed E-state index contributed by atoms with van der Waals surface area (Å²) in [5.74, 6) is -0.803. The molecular weight excluding hydrogens is 440 g/mol. The fraction of sp³-hybridized carbons (Fsp3) is 0.400. The molecule has 4 rings (SSSR count). The largest absolute Gasteiger partial charge is 0.480 e. The Morgan fingerprint density at radius 3 is 2.30 bits per heavy atom. The predicted molar refractivity (Wildman–Crippen MR) is 127 cm³/mol. The summed E-state index contributed by atoms with van der Waals surface area (Å²) in [5, 5.41) is 12.2. The second-order valence-corrected chi connectivity index (χ2v) is 9.66. The predicted octanol–water partition coefficient (Wildman–Crippen LogP) is 3.58. The minimum atomic E-state index is -1.00. The molecule has 1 fully saturated rings. The number of rotatable bonds is 6. The number of benzene rings is 2. The smallest absolute Gasteiger partial charge is 0.407 e. The third kappa shape index (κ3) is 4.71. The molecular formula is C25H28N2O5S. The van der Waals surface area contributed by atoms with Crippen molar-refractivity contribution in [1.29, 1.82) is 0 Å². The van der Waals surface area contributed by atoms with Crippen molar-refractivity contribution in [3.63, 3.8) is 0 Å². The van der Waals surface area contributed by atoms with Gasteiger partial charge in [-0.15, -0.1) is 0 Å². The summed E-state index contributed by atoms with van der Waals surface area (Å²) in [6, 6.07) is 14.9. The van der Waals surface area contributed by atoms with Crippen LogP contribution in [0.2, 0.25) is 0 Å². The van der Waals surface area contributed by atoms with Crippen molar-refractivity contribution < 1.29 is 24.2 Å². The van der Waals surface area contributed by atoms with Crippen LogP contribution >= 0.6 is 11.8 Å². The Morgan fingerprint density at radius 1 is 1.09 bits per heavy atom. The fourth-order valence-corrected chi connectivity index (χ4v) is 5.54. The van der Waals surface area contributed by atoms with Crippen molar-refractivity contribution in [1.82, 2.24) is 10.2 Å². The number of carboxylic acids is 1. The highest BCUT2D eigenvalue weighted by atomic mass is 32.2. The van der Waals surface area contributed by atoms with Gasteiger partial charge in [-0.25, -0.2) is 9.59 Å². The zero-order valence-corrected chi connectivity index (χ0v) is 19.5. The van der Waals surface area contributed by atoms with Gasteiger partial charge in [0.15, 0.2) is 0 Å². The molecule has 3 unspecified atom stereocenters. The van der Waals surface area contributed by atoms with Crippen LogP contribution in [0.15, 0.2) is 48.5 Å². The summed E-state index contributed by atoms with van der Waals surface area (Å²) in [5.41, 5.74) is 4.57. The summed E-state index contributed by atoms with van der Waals surface area (Å²) in [6.45, 7) is 4.03. The molecule has 0 bridgehead atoms. The van der Waals surface area contributed by atoms with E-state index in [0.717, 1.165) is 22.3 Å². The molecule has 7 nitrogen and oxygen atoms in total. The van der Waals surface area contributed by atoms with Crippen molar-refractivity contribution in [2.75, 3.05) is 24.7 Å². The van der Waals surface area contributed by atoms with Crippen LogP contribution in [0.1, 0.15) is 30.9 Å². The van der Waals surface area contributed by atoms with Gasteiger partial charge in [-0.2, -0.15) is 11.8 Å². The summed E-state index contributed by atoms with van der Waals surface area (Å²) in [7, 11) is 0. The van der Waals surface area contributed by atoms with Crippen LogP contribution in [-0.4, -0.2) is 64.7 Å². The van der Waals surface area contributed by atoms with Crippen molar-refractivity contribution >= 4 is 29.7 Å². The lowest BCUT2D eigenvalue weighted by atomic mass is 9.98. The van der Waals surface area contributed by atoms with Crippen molar-refractivity contribution in [2.24, 2.45) is 5.92 Å². The van der Waals surface area contributed by atoms with Gasteiger partial charge >= 0.3 is 12.1 Å². The van der Waals surface area contributed by atoms with Crippen LogP contribution in [0.5, 0.6) is 0 Å². The second-order valence-electron chi connectivity index (χ2n) is 8.51. The Balaban J connectivity index is 1.36. The average Bonchev–Trinajstić information content (AvgIpc) is 3.15. The van der Waals surface area contributed by atoms with Crippen LogP contribution in [0.3, 0.4) is 0 Å². The Hall–Kier alpha value is -3.00. The Morgan fingerprint density at radius 2 is 1.70 bits per heavy atom. The minimum absolute atomic E-state index is 0.0420. The molecule has 0 spiro atoms. The number of amides is 2.